The second-order valence-electron chi connectivity index (χ2n) is 4.70. The zero-order valence-corrected chi connectivity index (χ0v) is 12.2. The standard InChI is InChI=1S/C12H16N2O6S/c1-9(6-12(15)16)7-13-21(19,20)8-10-4-2-3-5-11(10)14(17)18/h2-5,9,13H,6-8H2,1H3,(H,15,16). The molecule has 0 heterocycles. The number of carboxylic acids is 1. The Bertz CT molecular complexity index is 628. The molecule has 0 aromatic heterocycles. The van der Waals surface area contributed by atoms with E-state index in [1.807, 2.05) is 0 Å². The zero-order chi connectivity index (χ0) is 16.0. The number of hydrogen-bond donors (Lipinski definition) is 2. The topological polar surface area (TPSA) is 127 Å². The Balaban J connectivity index is 2.73. The highest BCUT2D eigenvalue weighted by molar-refractivity contribution is 7.88. The van der Waals surface area contributed by atoms with Crippen LogP contribution < -0.4 is 4.72 Å². The molecule has 1 rings (SSSR count). The van der Waals surface area contributed by atoms with Gasteiger partial charge in [-0.25, -0.2) is 13.1 Å². The van der Waals surface area contributed by atoms with E-state index in [0.717, 1.165) is 0 Å². The molecule has 8 nitrogen and oxygen atoms in total. The number of rotatable bonds is 8. The average molecular weight is 316 g/mol. The van der Waals surface area contributed by atoms with Gasteiger partial charge in [0.25, 0.3) is 5.69 Å². The zero-order valence-electron chi connectivity index (χ0n) is 11.4. The van der Waals surface area contributed by atoms with Gasteiger partial charge in [-0.3, -0.25) is 14.9 Å². The summed E-state index contributed by atoms with van der Waals surface area (Å²) in [5.41, 5.74) is -0.178. The van der Waals surface area contributed by atoms with Crippen LogP contribution in [-0.4, -0.2) is 31.0 Å². The highest BCUT2D eigenvalue weighted by Crippen LogP contribution is 2.19. The Kier molecular flexibility index (Phi) is 5.79. The summed E-state index contributed by atoms with van der Waals surface area (Å²) < 4.78 is 26.0. The number of nitrogens with one attached hydrogen (secondary N) is 1. The number of sulfonamides is 1. The van der Waals surface area contributed by atoms with Crippen molar-refractivity contribution in [2.75, 3.05) is 6.54 Å². The molecule has 2 N–H and O–H groups in total. The molecule has 1 atom stereocenters. The van der Waals surface area contributed by atoms with E-state index in [1.165, 1.54) is 24.3 Å². The van der Waals surface area contributed by atoms with Crippen molar-refractivity contribution >= 4 is 21.7 Å². The van der Waals surface area contributed by atoms with Gasteiger partial charge in [0.2, 0.25) is 10.0 Å². The molecule has 0 fully saturated rings. The maximum absolute atomic E-state index is 11.9. The summed E-state index contributed by atoms with van der Waals surface area (Å²) in [7, 11) is -3.77. The predicted molar refractivity (Wildman–Crippen MR) is 75.1 cm³/mol. The summed E-state index contributed by atoms with van der Waals surface area (Å²) in [5, 5.41) is 19.4. The van der Waals surface area contributed by atoms with Crippen molar-refractivity contribution in [2.24, 2.45) is 5.92 Å². The van der Waals surface area contributed by atoms with Crippen LogP contribution in [0.1, 0.15) is 18.9 Å². The van der Waals surface area contributed by atoms with Crippen LogP contribution in [-0.2, 0) is 20.6 Å². The molecule has 21 heavy (non-hydrogen) atoms. The fraction of sp³-hybridized carbons (Fsp3) is 0.417. The van der Waals surface area contributed by atoms with Crippen LogP contribution >= 0.6 is 0 Å². The molecule has 0 spiro atoms. The van der Waals surface area contributed by atoms with Gasteiger partial charge in [0.05, 0.1) is 10.7 Å². The summed E-state index contributed by atoms with van der Waals surface area (Å²) in [6.45, 7) is 1.57. The van der Waals surface area contributed by atoms with Crippen molar-refractivity contribution in [2.45, 2.75) is 19.1 Å². The summed E-state index contributed by atoms with van der Waals surface area (Å²) in [5.74, 6) is -1.91. The summed E-state index contributed by atoms with van der Waals surface area (Å²) in [6, 6.07) is 5.58. The second-order valence-corrected chi connectivity index (χ2v) is 6.50. The first kappa shape index (κ1) is 17.1. The lowest BCUT2D eigenvalue weighted by Gasteiger charge is -2.11. The Labute approximate surface area is 122 Å². The van der Waals surface area contributed by atoms with Crippen molar-refractivity contribution in [3.05, 3.63) is 39.9 Å². The van der Waals surface area contributed by atoms with E-state index in [-0.39, 0.29) is 30.1 Å². The second kappa shape index (κ2) is 7.14. The minimum absolute atomic E-state index is 0.0325. The molecule has 0 saturated heterocycles. The Morgan fingerprint density at radius 1 is 1.43 bits per heavy atom. The Hall–Kier alpha value is -2.00. The number of nitrogens with zero attached hydrogens (tertiary/aromatic N) is 1. The minimum atomic E-state index is -3.77. The maximum atomic E-state index is 11.9. The van der Waals surface area contributed by atoms with E-state index < -0.39 is 26.7 Å². The third-order valence-electron chi connectivity index (χ3n) is 2.71. The first-order valence-electron chi connectivity index (χ1n) is 6.12. The molecule has 1 aromatic rings. The SMILES string of the molecule is CC(CNS(=O)(=O)Cc1ccccc1[N+](=O)[O-])CC(=O)O. The third kappa shape index (κ3) is 5.88. The average Bonchev–Trinajstić information content (AvgIpc) is 2.35. The van der Waals surface area contributed by atoms with Gasteiger partial charge in [-0.2, -0.15) is 0 Å². The molecule has 0 aliphatic carbocycles. The Morgan fingerprint density at radius 2 is 2.05 bits per heavy atom. The monoisotopic (exact) mass is 316 g/mol. The predicted octanol–water partition coefficient (Wildman–Crippen LogP) is 1.12. The lowest BCUT2D eigenvalue weighted by atomic mass is 10.1. The number of nitro groups is 1. The van der Waals surface area contributed by atoms with Crippen LogP contribution in [0.2, 0.25) is 0 Å². The van der Waals surface area contributed by atoms with E-state index in [1.54, 1.807) is 6.92 Å². The number of nitro benzene ring substituents is 1. The number of benzene rings is 1. The van der Waals surface area contributed by atoms with E-state index >= 15 is 0 Å². The first-order chi connectivity index (χ1) is 9.71. The van der Waals surface area contributed by atoms with Crippen molar-refractivity contribution < 1.29 is 23.2 Å². The fourth-order valence-corrected chi connectivity index (χ4v) is 3.00. The van der Waals surface area contributed by atoms with Gasteiger partial charge in [0.15, 0.2) is 0 Å². The smallest absolute Gasteiger partial charge is 0.303 e. The normalized spacial score (nSPS) is 12.8. The van der Waals surface area contributed by atoms with Gasteiger partial charge < -0.3 is 5.11 Å². The lowest BCUT2D eigenvalue weighted by Crippen LogP contribution is -2.30. The quantitative estimate of drug-likeness (QED) is 0.546. The van der Waals surface area contributed by atoms with Gasteiger partial charge in [-0.1, -0.05) is 25.1 Å². The molecule has 1 aromatic carbocycles. The summed E-state index contributed by atoms with van der Waals surface area (Å²) in [4.78, 5) is 20.7. The van der Waals surface area contributed by atoms with Gasteiger partial charge in [-0.05, 0) is 5.92 Å². The molecule has 116 valence electrons. The summed E-state index contributed by atoms with van der Waals surface area (Å²) >= 11 is 0. The first-order valence-corrected chi connectivity index (χ1v) is 7.78. The van der Waals surface area contributed by atoms with Crippen LogP contribution in [0.15, 0.2) is 24.3 Å². The van der Waals surface area contributed by atoms with Crippen LogP contribution in [0, 0.1) is 16.0 Å². The van der Waals surface area contributed by atoms with Crippen LogP contribution in [0.4, 0.5) is 5.69 Å². The van der Waals surface area contributed by atoms with Crippen LogP contribution in [0.3, 0.4) is 0 Å². The molecule has 0 amide bonds. The van der Waals surface area contributed by atoms with Crippen molar-refractivity contribution in [1.29, 1.82) is 0 Å². The minimum Gasteiger partial charge on any atom is -0.481 e. The molecular weight excluding hydrogens is 300 g/mol. The van der Waals surface area contributed by atoms with E-state index in [2.05, 4.69) is 4.72 Å². The molecule has 0 radical (unpaired) electrons. The lowest BCUT2D eigenvalue weighted by molar-refractivity contribution is -0.385. The Morgan fingerprint density at radius 3 is 2.62 bits per heavy atom. The van der Waals surface area contributed by atoms with E-state index in [4.69, 9.17) is 5.11 Å². The van der Waals surface area contributed by atoms with Gasteiger partial charge in [0.1, 0.15) is 0 Å². The molecule has 0 saturated carbocycles. The number of hydrogen-bond acceptors (Lipinski definition) is 5. The highest BCUT2D eigenvalue weighted by atomic mass is 32.2. The number of aliphatic carboxylic acids is 1. The molecule has 0 bridgehead atoms. The molecular formula is C12H16N2O6S. The van der Waals surface area contributed by atoms with E-state index in [0.29, 0.717) is 0 Å². The fourth-order valence-electron chi connectivity index (χ4n) is 1.71. The van der Waals surface area contributed by atoms with Gasteiger partial charge >= 0.3 is 5.97 Å². The van der Waals surface area contributed by atoms with Crippen molar-refractivity contribution in [1.82, 2.24) is 4.72 Å². The van der Waals surface area contributed by atoms with Crippen molar-refractivity contribution in [3.8, 4) is 0 Å². The van der Waals surface area contributed by atoms with Gasteiger partial charge in [-0.15, -0.1) is 0 Å². The van der Waals surface area contributed by atoms with Gasteiger partial charge in [0, 0.05) is 24.6 Å². The molecule has 0 aliphatic rings. The number of carboxylic acid groups (broad SMARTS) is 1. The van der Waals surface area contributed by atoms with Crippen LogP contribution in [0.25, 0.3) is 0 Å². The highest BCUT2D eigenvalue weighted by Gasteiger charge is 2.20. The number of para-hydroxylation sites is 1. The molecule has 1 unspecified atom stereocenters. The van der Waals surface area contributed by atoms with E-state index in [9.17, 15) is 23.3 Å². The third-order valence-corrected chi connectivity index (χ3v) is 4.01. The molecule has 9 heteroatoms. The largest absolute Gasteiger partial charge is 0.481 e. The maximum Gasteiger partial charge on any atom is 0.303 e. The summed E-state index contributed by atoms with van der Waals surface area (Å²) in [6.07, 6.45) is -0.159. The van der Waals surface area contributed by atoms with Crippen molar-refractivity contribution in [3.63, 3.8) is 0 Å². The van der Waals surface area contributed by atoms with Crippen LogP contribution in [0.5, 0.6) is 0 Å². The number of carbonyl (C=O) groups is 1. The molecule has 0 aliphatic heterocycles.